The summed E-state index contributed by atoms with van der Waals surface area (Å²) in [7, 11) is 0. The molecule has 1 N–H and O–H groups in total. The Morgan fingerprint density at radius 3 is 2.26 bits per heavy atom. The molecule has 0 saturated carbocycles. The monoisotopic (exact) mass is 362 g/mol. The number of hydrogen-bond acceptors (Lipinski definition) is 3. The van der Waals surface area contributed by atoms with Crippen molar-refractivity contribution in [3.05, 3.63) is 83.9 Å². The number of fused-ring (bicyclic) bond motifs is 1. The molecule has 3 aromatic carbocycles. The fourth-order valence-corrected chi connectivity index (χ4v) is 3.21. The number of hydrogen-bond donors (Lipinski definition) is 1. The van der Waals surface area contributed by atoms with Crippen molar-refractivity contribution in [3.8, 4) is 0 Å². The third kappa shape index (κ3) is 4.95. The van der Waals surface area contributed by atoms with Crippen LogP contribution in [0.25, 0.3) is 10.8 Å². The molecule has 0 spiro atoms. The van der Waals surface area contributed by atoms with Crippen molar-refractivity contribution in [3.63, 3.8) is 0 Å². The maximum atomic E-state index is 12.6. The van der Waals surface area contributed by atoms with Gasteiger partial charge in [0.2, 0.25) is 0 Å². The fourth-order valence-electron chi connectivity index (χ4n) is 3.21. The number of rotatable bonds is 7. The molecule has 0 heterocycles. The molecule has 0 aromatic heterocycles. The van der Waals surface area contributed by atoms with Crippen LogP contribution < -0.4 is 0 Å². The molecule has 0 saturated heterocycles. The van der Waals surface area contributed by atoms with E-state index in [9.17, 15) is 9.90 Å². The minimum absolute atomic E-state index is 0.178. The molecule has 0 bridgehead atoms. The molecule has 3 nitrogen and oxygen atoms in total. The Bertz CT molecular complexity index is 886. The maximum absolute atomic E-state index is 12.6. The molecule has 0 aliphatic carbocycles. The molecule has 27 heavy (non-hydrogen) atoms. The van der Waals surface area contributed by atoms with Crippen LogP contribution in [0.3, 0.4) is 0 Å². The van der Waals surface area contributed by atoms with Crippen molar-refractivity contribution in [1.82, 2.24) is 0 Å². The summed E-state index contributed by atoms with van der Waals surface area (Å²) in [6, 6.07) is 23.1. The third-order valence-electron chi connectivity index (χ3n) is 4.90. The summed E-state index contributed by atoms with van der Waals surface area (Å²) in [4.78, 5) is 12.6. The van der Waals surface area contributed by atoms with Gasteiger partial charge in [0.05, 0.1) is 11.7 Å². The fraction of sp³-hybridized carbons (Fsp3) is 0.292. The molecule has 2 atom stereocenters. The van der Waals surface area contributed by atoms with E-state index < -0.39 is 6.10 Å². The summed E-state index contributed by atoms with van der Waals surface area (Å²) in [6.45, 7) is 4.07. The minimum Gasteiger partial charge on any atom is -0.459 e. The van der Waals surface area contributed by atoms with Crippen molar-refractivity contribution >= 4 is 16.7 Å². The number of aliphatic hydroxyl groups excluding tert-OH is 1. The summed E-state index contributed by atoms with van der Waals surface area (Å²) < 4.78 is 5.78. The second-order valence-electron chi connectivity index (χ2n) is 7.25. The number of aliphatic hydroxyl groups is 1. The Balaban J connectivity index is 1.65. The average molecular weight is 362 g/mol. The largest absolute Gasteiger partial charge is 0.459 e. The lowest BCUT2D eigenvalue weighted by Gasteiger charge is -2.23. The van der Waals surface area contributed by atoms with Gasteiger partial charge >= 0.3 is 5.97 Å². The highest BCUT2D eigenvalue weighted by Gasteiger charge is 2.21. The summed E-state index contributed by atoms with van der Waals surface area (Å²) in [5.74, 6) is -0.133. The van der Waals surface area contributed by atoms with Crippen LogP contribution in [0.5, 0.6) is 0 Å². The van der Waals surface area contributed by atoms with E-state index in [0.29, 0.717) is 18.4 Å². The molecule has 0 radical (unpaired) electrons. The SMILES string of the molecule is CC(C)C(CCC(O)c1ccccc1)OC(=O)c1ccc2ccccc2c1. The van der Waals surface area contributed by atoms with Gasteiger partial charge in [-0.1, -0.05) is 74.5 Å². The number of carbonyl (C=O) groups excluding carboxylic acids is 1. The van der Waals surface area contributed by atoms with Crippen LogP contribution in [0.4, 0.5) is 0 Å². The highest BCUT2D eigenvalue weighted by Crippen LogP contribution is 2.24. The van der Waals surface area contributed by atoms with Crippen LogP contribution in [0, 0.1) is 5.92 Å². The van der Waals surface area contributed by atoms with Gasteiger partial charge in [0.1, 0.15) is 6.10 Å². The van der Waals surface area contributed by atoms with E-state index in [1.165, 1.54) is 0 Å². The number of benzene rings is 3. The molecule has 0 fully saturated rings. The Labute approximate surface area is 160 Å². The first kappa shape index (κ1) is 19.1. The lowest BCUT2D eigenvalue weighted by atomic mass is 9.97. The Morgan fingerprint density at radius 2 is 1.56 bits per heavy atom. The zero-order chi connectivity index (χ0) is 19.2. The van der Waals surface area contributed by atoms with E-state index in [0.717, 1.165) is 16.3 Å². The van der Waals surface area contributed by atoms with Gasteiger partial charge in [0.25, 0.3) is 0 Å². The van der Waals surface area contributed by atoms with Crippen molar-refractivity contribution in [2.45, 2.75) is 38.9 Å². The van der Waals surface area contributed by atoms with E-state index in [-0.39, 0.29) is 18.0 Å². The van der Waals surface area contributed by atoms with Crippen LogP contribution in [0.1, 0.15) is 48.7 Å². The summed E-state index contributed by atoms with van der Waals surface area (Å²) in [5, 5.41) is 12.5. The average Bonchev–Trinajstić information content (AvgIpc) is 2.70. The van der Waals surface area contributed by atoms with E-state index in [1.807, 2.05) is 80.6 Å². The number of ether oxygens (including phenoxy) is 1. The van der Waals surface area contributed by atoms with Crippen LogP contribution in [0.15, 0.2) is 72.8 Å². The lowest BCUT2D eigenvalue weighted by Crippen LogP contribution is -2.24. The Morgan fingerprint density at radius 1 is 0.889 bits per heavy atom. The van der Waals surface area contributed by atoms with Crippen molar-refractivity contribution < 1.29 is 14.6 Å². The summed E-state index contributed by atoms with van der Waals surface area (Å²) >= 11 is 0. The quantitative estimate of drug-likeness (QED) is 0.562. The van der Waals surface area contributed by atoms with E-state index in [1.54, 1.807) is 6.07 Å². The van der Waals surface area contributed by atoms with E-state index in [2.05, 4.69) is 0 Å². The van der Waals surface area contributed by atoms with Gasteiger partial charge in [-0.2, -0.15) is 0 Å². The highest BCUT2D eigenvalue weighted by molar-refractivity contribution is 5.95. The first-order valence-corrected chi connectivity index (χ1v) is 9.47. The van der Waals surface area contributed by atoms with Crippen molar-refractivity contribution in [2.75, 3.05) is 0 Å². The van der Waals surface area contributed by atoms with Crippen LogP contribution >= 0.6 is 0 Å². The van der Waals surface area contributed by atoms with Crippen molar-refractivity contribution in [2.24, 2.45) is 5.92 Å². The van der Waals surface area contributed by atoms with Crippen LogP contribution in [0.2, 0.25) is 0 Å². The van der Waals surface area contributed by atoms with Crippen molar-refractivity contribution in [1.29, 1.82) is 0 Å². The van der Waals surface area contributed by atoms with E-state index >= 15 is 0 Å². The van der Waals surface area contributed by atoms with Gasteiger partial charge in [-0.3, -0.25) is 0 Å². The minimum atomic E-state index is -0.549. The first-order chi connectivity index (χ1) is 13.0. The number of carbonyl (C=O) groups is 1. The topological polar surface area (TPSA) is 46.5 Å². The second-order valence-corrected chi connectivity index (χ2v) is 7.25. The van der Waals surface area contributed by atoms with Gasteiger partial charge < -0.3 is 9.84 Å². The molecule has 0 aliphatic heterocycles. The first-order valence-electron chi connectivity index (χ1n) is 9.47. The number of esters is 1. The lowest BCUT2D eigenvalue weighted by molar-refractivity contribution is 0.0107. The van der Waals surface area contributed by atoms with Crippen LogP contribution in [-0.4, -0.2) is 17.2 Å². The molecule has 0 aliphatic rings. The van der Waals surface area contributed by atoms with Crippen LogP contribution in [-0.2, 0) is 4.74 Å². The smallest absolute Gasteiger partial charge is 0.338 e. The van der Waals surface area contributed by atoms with Gasteiger partial charge in [0, 0.05) is 0 Å². The predicted molar refractivity (Wildman–Crippen MR) is 109 cm³/mol. The zero-order valence-electron chi connectivity index (χ0n) is 15.8. The molecular formula is C24H26O3. The Kier molecular flexibility index (Phi) is 6.25. The molecule has 140 valence electrons. The summed E-state index contributed by atoms with van der Waals surface area (Å²) in [6.07, 6.45) is 0.388. The molecule has 3 rings (SSSR count). The van der Waals surface area contributed by atoms with Gasteiger partial charge in [-0.15, -0.1) is 0 Å². The normalized spacial score (nSPS) is 13.5. The standard InChI is InChI=1S/C24H26O3/c1-17(2)23(15-14-22(25)19-9-4-3-5-10-19)27-24(26)21-13-12-18-8-6-7-11-20(18)16-21/h3-13,16-17,22-23,25H,14-15H2,1-2H3. The molecular weight excluding hydrogens is 336 g/mol. The molecule has 3 aromatic rings. The van der Waals surface area contributed by atoms with Gasteiger partial charge in [-0.25, -0.2) is 4.79 Å². The highest BCUT2D eigenvalue weighted by atomic mass is 16.5. The molecule has 3 heteroatoms. The van der Waals surface area contributed by atoms with Gasteiger partial charge in [-0.05, 0) is 47.2 Å². The van der Waals surface area contributed by atoms with E-state index in [4.69, 9.17) is 4.74 Å². The summed E-state index contributed by atoms with van der Waals surface area (Å²) in [5.41, 5.74) is 1.45. The predicted octanol–water partition coefficient (Wildman–Crippen LogP) is 5.54. The van der Waals surface area contributed by atoms with Gasteiger partial charge in [0.15, 0.2) is 0 Å². The molecule has 0 amide bonds. The third-order valence-corrected chi connectivity index (χ3v) is 4.90. The second kappa shape index (κ2) is 8.83. The zero-order valence-corrected chi connectivity index (χ0v) is 15.8. The molecule has 2 unspecified atom stereocenters. The maximum Gasteiger partial charge on any atom is 0.338 e. The Hall–Kier alpha value is -2.65.